The molecule has 0 atom stereocenters. The van der Waals surface area contributed by atoms with Crippen molar-refractivity contribution in [3.05, 3.63) is 42.0 Å². The first-order chi connectivity index (χ1) is 10.0. The van der Waals surface area contributed by atoms with Gasteiger partial charge in [-0.3, -0.25) is 0 Å². The van der Waals surface area contributed by atoms with Crippen molar-refractivity contribution in [1.29, 1.82) is 0 Å². The second-order valence-corrected chi connectivity index (χ2v) is 4.21. The maximum Gasteiger partial charge on any atom is 0.338 e. The molecular formula is C14H15N5O2. The minimum atomic E-state index is -0.392. The number of methoxy groups -OCH3 is 1. The largest absolute Gasteiger partial charge is 0.465 e. The fourth-order valence-electron chi connectivity index (χ4n) is 1.92. The average Bonchev–Trinajstić information content (AvgIpc) is 2.44. The molecule has 0 aliphatic rings. The molecule has 0 saturated carbocycles. The van der Waals surface area contributed by atoms with Crippen LogP contribution in [-0.2, 0) is 4.74 Å². The molecule has 0 bridgehead atoms. The molecule has 2 aromatic rings. The molecule has 21 heavy (non-hydrogen) atoms. The van der Waals surface area contributed by atoms with Gasteiger partial charge in [-0.15, -0.1) is 0 Å². The Labute approximate surface area is 121 Å². The molecule has 7 nitrogen and oxygen atoms in total. The maximum atomic E-state index is 11.7. The molecule has 2 aromatic carbocycles. The van der Waals surface area contributed by atoms with E-state index < -0.39 is 5.97 Å². The highest BCUT2D eigenvalue weighted by molar-refractivity contribution is 6.05. The molecule has 0 spiro atoms. The van der Waals surface area contributed by atoms with Gasteiger partial charge in [0.25, 0.3) is 0 Å². The monoisotopic (exact) mass is 285 g/mol. The van der Waals surface area contributed by atoms with Crippen molar-refractivity contribution in [3.63, 3.8) is 0 Å². The molecule has 0 unspecified atom stereocenters. The fourth-order valence-corrected chi connectivity index (χ4v) is 1.92. The van der Waals surface area contributed by atoms with Crippen LogP contribution in [0.3, 0.4) is 0 Å². The summed E-state index contributed by atoms with van der Waals surface area (Å²) < 4.78 is 4.75. The van der Waals surface area contributed by atoms with Gasteiger partial charge in [-0.1, -0.05) is 18.2 Å². The number of rotatable bonds is 2. The summed E-state index contributed by atoms with van der Waals surface area (Å²) in [7, 11) is 1.34. The van der Waals surface area contributed by atoms with Crippen LogP contribution in [0, 0.1) is 0 Å². The second-order valence-electron chi connectivity index (χ2n) is 4.21. The minimum absolute atomic E-state index is 0.0431. The standard InChI is InChI=1S/C14H15N5O2/c1-21-12(20)11-4-2-3-8-7-9(5-6-10(8)11)18-14(17)19-13(15)16/h2-7H,1H3,(H6,15,16,17,18,19). The quantitative estimate of drug-likeness (QED) is 0.428. The highest BCUT2D eigenvalue weighted by Gasteiger charge is 2.09. The Hall–Kier alpha value is -3.09. The highest BCUT2D eigenvalue weighted by atomic mass is 16.5. The number of nitrogens with two attached hydrogens (primary N) is 3. The molecule has 0 radical (unpaired) electrons. The number of fused-ring (bicyclic) bond motifs is 1. The van der Waals surface area contributed by atoms with Crippen LogP contribution in [0.25, 0.3) is 10.8 Å². The number of carbonyl (C=O) groups excluding carboxylic acids is 1. The Morgan fingerprint density at radius 1 is 1.14 bits per heavy atom. The molecule has 6 N–H and O–H groups in total. The van der Waals surface area contributed by atoms with E-state index in [-0.39, 0.29) is 11.9 Å². The van der Waals surface area contributed by atoms with Crippen molar-refractivity contribution in [1.82, 2.24) is 0 Å². The van der Waals surface area contributed by atoms with Crippen molar-refractivity contribution >= 4 is 34.3 Å². The van der Waals surface area contributed by atoms with Gasteiger partial charge in [-0.2, -0.15) is 4.99 Å². The summed E-state index contributed by atoms with van der Waals surface area (Å²) >= 11 is 0. The minimum Gasteiger partial charge on any atom is -0.465 e. The number of benzene rings is 2. The number of carbonyl (C=O) groups is 1. The third-order valence-corrected chi connectivity index (χ3v) is 2.76. The zero-order valence-electron chi connectivity index (χ0n) is 11.4. The molecule has 0 aromatic heterocycles. The van der Waals surface area contributed by atoms with E-state index in [0.717, 1.165) is 10.8 Å². The van der Waals surface area contributed by atoms with Crippen molar-refractivity contribution in [2.75, 3.05) is 7.11 Å². The van der Waals surface area contributed by atoms with Gasteiger partial charge < -0.3 is 21.9 Å². The molecular weight excluding hydrogens is 270 g/mol. The predicted molar refractivity (Wildman–Crippen MR) is 82.4 cm³/mol. The number of ether oxygens (including phenoxy) is 1. The Balaban J connectivity index is 2.49. The number of esters is 1. The smallest absolute Gasteiger partial charge is 0.338 e. The molecule has 108 valence electrons. The second kappa shape index (κ2) is 5.91. The van der Waals surface area contributed by atoms with Crippen LogP contribution >= 0.6 is 0 Å². The Morgan fingerprint density at radius 2 is 1.90 bits per heavy atom. The van der Waals surface area contributed by atoms with E-state index in [1.807, 2.05) is 6.07 Å². The molecule has 0 fully saturated rings. The van der Waals surface area contributed by atoms with Crippen LogP contribution in [-0.4, -0.2) is 25.0 Å². The zero-order chi connectivity index (χ0) is 15.4. The number of nitrogens with zero attached hydrogens (tertiary/aromatic N) is 2. The van der Waals surface area contributed by atoms with E-state index >= 15 is 0 Å². The van der Waals surface area contributed by atoms with Gasteiger partial charge >= 0.3 is 5.97 Å². The Bertz CT molecular complexity index is 748. The van der Waals surface area contributed by atoms with Gasteiger partial charge in [0.2, 0.25) is 5.96 Å². The lowest BCUT2D eigenvalue weighted by molar-refractivity contribution is 0.0603. The summed E-state index contributed by atoms with van der Waals surface area (Å²) in [5.74, 6) is -0.597. The highest BCUT2D eigenvalue weighted by Crippen LogP contribution is 2.24. The van der Waals surface area contributed by atoms with Crippen LogP contribution < -0.4 is 17.2 Å². The summed E-state index contributed by atoms with van der Waals surface area (Å²) in [6.45, 7) is 0. The van der Waals surface area contributed by atoms with Gasteiger partial charge in [0.15, 0.2) is 5.96 Å². The average molecular weight is 285 g/mol. The van der Waals surface area contributed by atoms with Crippen LogP contribution in [0.5, 0.6) is 0 Å². The summed E-state index contributed by atoms with van der Waals surface area (Å²) in [5.41, 5.74) is 17.1. The van der Waals surface area contributed by atoms with Crippen LogP contribution in [0.2, 0.25) is 0 Å². The lowest BCUT2D eigenvalue weighted by Gasteiger charge is -2.05. The predicted octanol–water partition coefficient (Wildman–Crippen LogP) is 0.846. The van der Waals surface area contributed by atoms with Crippen LogP contribution in [0.4, 0.5) is 5.69 Å². The first-order valence-electron chi connectivity index (χ1n) is 6.06. The Kier molecular flexibility index (Phi) is 4.03. The van der Waals surface area contributed by atoms with E-state index in [2.05, 4.69) is 9.98 Å². The molecule has 0 amide bonds. The van der Waals surface area contributed by atoms with E-state index in [9.17, 15) is 4.79 Å². The molecule has 2 rings (SSSR count). The summed E-state index contributed by atoms with van der Waals surface area (Å²) in [6, 6.07) is 10.6. The maximum absolute atomic E-state index is 11.7. The van der Waals surface area contributed by atoms with E-state index in [0.29, 0.717) is 11.3 Å². The van der Waals surface area contributed by atoms with E-state index in [1.54, 1.807) is 30.3 Å². The van der Waals surface area contributed by atoms with Gasteiger partial charge in [0, 0.05) is 0 Å². The SMILES string of the molecule is COC(=O)c1cccc2cc(N=C(N)N=C(N)N)ccc12. The van der Waals surface area contributed by atoms with E-state index in [4.69, 9.17) is 21.9 Å². The van der Waals surface area contributed by atoms with Gasteiger partial charge in [-0.05, 0) is 29.0 Å². The third-order valence-electron chi connectivity index (χ3n) is 2.76. The van der Waals surface area contributed by atoms with Crippen LogP contribution in [0.15, 0.2) is 46.4 Å². The summed E-state index contributed by atoms with van der Waals surface area (Å²) in [6.07, 6.45) is 0. The molecule has 7 heteroatoms. The summed E-state index contributed by atoms with van der Waals surface area (Å²) in [4.78, 5) is 19.4. The van der Waals surface area contributed by atoms with Gasteiger partial charge in [-0.25, -0.2) is 9.79 Å². The van der Waals surface area contributed by atoms with Crippen LogP contribution in [0.1, 0.15) is 10.4 Å². The third kappa shape index (κ3) is 3.27. The number of aliphatic imine (C=N–C) groups is 2. The van der Waals surface area contributed by atoms with Gasteiger partial charge in [0.1, 0.15) is 0 Å². The molecule has 0 aliphatic heterocycles. The molecule has 0 aliphatic carbocycles. The molecule has 0 saturated heterocycles. The summed E-state index contributed by atoms with van der Waals surface area (Å²) in [5, 5.41) is 1.60. The van der Waals surface area contributed by atoms with Crippen molar-refractivity contribution in [3.8, 4) is 0 Å². The first kappa shape index (κ1) is 14.3. The number of hydrogen-bond donors (Lipinski definition) is 3. The van der Waals surface area contributed by atoms with Gasteiger partial charge in [0.05, 0.1) is 18.4 Å². The zero-order valence-corrected chi connectivity index (χ0v) is 11.4. The number of guanidine groups is 2. The van der Waals surface area contributed by atoms with E-state index in [1.165, 1.54) is 7.11 Å². The normalized spacial score (nSPS) is 11.2. The Morgan fingerprint density at radius 3 is 2.57 bits per heavy atom. The van der Waals surface area contributed by atoms with Crippen molar-refractivity contribution < 1.29 is 9.53 Å². The fraction of sp³-hybridized carbons (Fsp3) is 0.0714. The lowest BCUT2D eigenvalue weighted by atomic mass is 10.0. The number of hydrogen-bond acceptors (Lipinski definition) is 3. The van der Waals surface area contributed by atoms with Crippen molar-refractivity contribution in [2.24, 2.45) is 27.2 Å². The first-order valence-corrected chi connectivity index (χ1v) is 6.06. The topological polar surface area (TPSA) is 129 Å². The lowest BCUT2D eigenvalue weighted by Crippen LogP contribution is -2.26. The van der Waals surface area contributed by atoms with Crippen molar-refractivity contribution in [2.45, 2.75) is 0 Å². The molecule has 0 heterocycles.